The smallest absolute Gasteiger partial charge is 0.155 e. The minimum atomic E-state index is 0.756. The Kier molecular flexibility index (Phi) is 3.20. The molecule has 22 heavy (non-hydrogen) atoms. The monoisotopic (exact) mass is 315 g/mol. The lowest BCUT2D eigenvalue weighted by Gasteiger charge is -2.33. The number of hydrogen-bond acceptors (Lipinski definition) is 4. The predicted octanol–water partition coefficient (Wildman–Crippen LogP) is 2.82. The zero-order valence-electron chi connectivity index (χ0n) is 12.7. The highest BCUT2D eigenvalue weighted by Crippen LogP contribution is 2.33. The zero-order valence-corrected chi connectivity index (χ0v) is 13.5. The van der Waals surface area contributed by atoms with E-state index >= 15 is 0 Å². The maximum Gasteiger partial charge on any atom is 0.155 e. The van der Waals surface area contributed by atoms with Crippen LogP contribution in [0.15, 0.2) is 18.5 Å². The van der Waals surface area contributed by atoms with E-state index in [1.54, 1.807) is 6.33 Å². The van der Waals surface area contributed by atoms with Gasteiger partial charge in [0.15, 0.2) is 5.82 Å². The third-order valence-corrected chi connectivity index (χ3v) is 4.92. The standard InChI is InChI=1S/C16H18ClN5/c1-10-11(17)3-4-12-13(10)14-15(19-9-18-14)16(20-12)22-7-5-21(2)6-8-22/h3-4,9H,5-8H2,1-2H3,(H,18,19). The summed E-state index contributed by atoms with van der Waals surface area (Å²) >= 11 is 6.28. The topological polar surface area (TPSA) is 48.1 Å². The van der Waals surface area contributed by atoms with Gasteiger partial charge in [-0.1, -0.05) is 11.6 Å². The number of nitrogens with zero attached hydrogens (tertiary/aromatic N) is 4. The van der Waals surface area contributed by atoms with Crippen LogP contribution in [0.2, 0.25) is 5.02 Å². The van der Waals surface area contributed by atoms with Crippen LogP contribution in [0.25, 0.3) is 21.9 Å². The van der Waals surface area contributed by atoms with Crippen molar-refractivity contribution in [1.29, 1.82) is 0 Å². The van der Waals surface area contributed by atoms with Gasteiger partial charge < -0.3 is 14.8 Å². The molecule has 3 aromatic rings. The maximum absolute atomic E-state index is 6.28. The van der Waals surface area contributed by atoms with Crippen molar-refractivity contribution in [3.05, 3.63) is 29.0 Å². The third kappa shape index (κ3) is 2.04. The van der Waals surface area contributed by atoms with Crippen LogP contribution in [0.4, 0.5) is 5.82 Å². The first-order valence-electron chi connectivity index (χ1n) is 7.50. The Labute approximate surface area is 133 Å². The van der Waals surface area contributed by atoms with E-state index in [2.05, 4.69) is 26.8 Å². The van der Waals surface area contributed by atoms with Gasteiger partial charge in [0.2, 0.25) is 0 Å². The fourth-order valence-electron chi connectivity index (χ4n) is 3.14. The SMILES string of the molecule is Cc1c(Cl)ccc2nc(N3CCN(C)CC3)c3[nH]cnc3c12. The second-order valence-electron chi connectivity index (χ2n) is 5.92. The Morgan fingerprint density at radius 2 is 1.95 bits per heavy atom. The number of rotatable bonds is 1. The number of anilines is 1. The van der Waals surface area contributed by atoms with Crippen molar-refractivity contribution in [2.75, 3.05) is 38.1 Å². The van der Waals surface area contributed by atoms with Gasteiger partial charge in [-0.05, 0) is 31.7 Å². The van der Waals surface area contributed by atoms with Crippen molar-refractivity contribution in [3.8, 4) is 0 Å². The molecule has 0 radical (unpaired) electrons. The van der Waals surface area contributed by atoms with Gasteiger partial charge >= 0.3 is 0 Å². The molecule has 0 aliphatic carbocycles. The number of fused-ring (bicyclic) bond motifs is 3. The van der Waals surface area contributed by atoms with E-state index in [9.17, 15) is 0 Å². The number of hydrogen-bond donors (Lipinski definition) is 1. The minimum Gasteiger partial charge on any atom is -0.352 e. The highest BCUT2D eigenvalue weighted by atomic mass is 35.5. The number of pyridine rings is 1. The van der Waals surface area contributed by atoms with Gasteiger partial charge in [0.25, 0.3) is 0 Å². The number of nitrogens with one attached hydrogen (secondary N) is 1. The molecule has 3 heterocycles. The highest BCUT2D eigenvalue weighted by molar-refractivity contribution is 6.32. The molecule has 1 aromatic carbocycles. The lowest BCUT2D eigenvalue weighted by Crippen LogP contribution is -2.44. The zero-order chi connectivity index (χ0) is 15.3. The molecule has 0 saturated carbocycles. The average molecular weight is 316 g/mol. The van der Waals surface area contributed by atoms with Crippen LogP contribution < -0.4 is 4.90 Å². The normalized spacial score (nSPS) is 16.8. The molecule has 5 nitrogen and oxygen atoms in total. The summed E-state index contributed by atoms with van der Waals surface area (Å²) in [5.41, 5.74) is 3.95. The van der Waals surface area contributed by atoms with Gasteiger partial charge in [-0.25, -0.2) is 9.97 Å². The summed E-state index contributed by atoms with van der Waals surface area (Å²) in [6.07, 6.45) is 1.74. The summed E-state index contributed by atoms with van der Waals surface area (Å²) < 4.78 is 0. The van der Waals surface area contributed by atoms with E-state index in [0.717, 1.165) is 64.5 Å². The molecule has 0 amide bonds. The molecular formula is C16H18ClN5. The number of halogens is 1. The van der Waals surface area contributed by atoms with E-state index in [1.165, 1.54) is 0 Å². The molecule has 1 aliphatic heterocycles. The number of imidazole rings is 1. The fourth-order valence-corrected chi connectivity index (χ4v) is 3.29. The van der Waals surface area contributed by atoms with Gasteiger partial charge in [0, 0.05) is 36.6 Å². The van der Waals surface area contributed by atoms with Crippen molar-refractivity contribution in [2.24, 2.45) is 0 Å². The maximum atomic E-state index is 6.28. The Morgan fingerprint density at radius 1 is 1.18 bits per heavy atom. The number of piperazine rings is 1. The second-order valence-corrected chi connectivity index (χ2v) is 6.33. The molecule has 1 saturated heterocycles. The van der Waals surface area contributed by atoms with E-state index in [0.29, 0.717) is 0 Å². The molecular weight excluding hydrogens is 298 g/mol. The van der Waals surface area contributed by atoms with Crippen LogP contribution in [0.5, 0.6) is 0 Å². The highest BCUT2D eigenvalue weighted by Gasteiger charge is 2.21. The number of H-pyrrole nitrogens is 1. The van der Waals surface area contributed by atoms with Crippen molar-refractivity contribution in [1.82, 2.24) is 19.9 Å². The average Bonchev–Trinajstić information content (AvgIpc) is 3.00. The summed E-state index contributed by atoms with van der Waals surface area (Å²) in [6.45, 7) is 6.09. The van der Waals surface area contributed by atoms with Crippen molar-refractivity contribution < 1.29 is 0 Å². The van der Waals surface area contributed by atoms with Crippen LogP contribution in [0.1, 0.15) is 5.56 Å². The largest absolute Gasteiger partial charge is 0.352 e. The number of benzene rings is 1. The molecule has 0 bridgehead atoms. The van der Waals surface area contributed by atoms with Gasteiger partial charge in [-0.2, -0.15) is 0 Å². The quantitative estimate of drug-likeness (QED) is 0.750. The van der Waals surface area contributed by atoms with E-state index in [-0.39, 0.29) is 0 Å². The predicted molar refractivity (Wildman–Crippen MR) is 90.9 cm³/mol. The number of likely N-dealkylation sites (N-methyl/N-ethyl adjacent to an activating group) is 1. The lowest BCUT2D eigenvalue weighted by molar-refractivity contribution is 0.312. The number of aromatic nitrogens is 3. The molecule has 1 N–H and O–H groups in total. The fraction of sp³-hybridized carbons (Fsp3) is 0.375. The van der Waals surface area contributed by atoms with E-state index < -0.39 is 0 Å². The molecule has 0 spiro atoms. The van der Waals surface area contributed by atoms with Gasteiger partial charge in [-0.3, -0.25) is 0 Å². The van der Waals surface area contributed by atoms with Gasteiger partial charge in [0.05, 0.1) is 11.8 Å². The molecule has 6 heteroatoms. The first kappa shape index (κ1) is 13.8. The van der Waals surface area contributed by atoms with Crippen LogP contribution in [0.3, 0.4) is 0 Å². The Hall–Kier alpha value is -1.85. The summed E-state index contributed by atoms with van der Waals surface area (Å²) in [4.78, 5) is 17.4. The van der Waals surface area contributed by atoms with Crippen LogP contribution in [-0.4, -0.2) is 53.1 Å². The summed E-state index contributed by atoms with van der Waals surface area (Å²) in [6, 6.07) is 3.90. The van der Waals surface area contributed by atoms with Gasteiger partial charge in [-0.15, -0.1) is 0 Å². The minimum absolute atomic E-state index is 0.756. The second kappa shape index (κ2) is 5.11. The first-order valence-corrected chi connectivity index (χ1v) is 7.88. The summed E-state index contributed by atoms with van der Waals surface area (Å²) in [5, 5.41) is 1.80. The van der Waals surface area contributed by atoms with Crippen molar-refractivity contribution in [3.63, 3.8) is 0 Å². The van der Waals surface area contributed by atoms with Gasteiger partial charge in [0.1, 0.15) is 11.0 Å². The number of aryl methyl sites for hydroxylation is 1. The Morgan fingerprint density at radius 3 is 2.73 bits per heavy atom. The van der Waals surface area contributed by atoms with E-state index in [4.69, 9.17) is 16.6 Å². The van der Waals surface area contributed by atoms with Crippen molar-refractivity contribution >= 4 is 39.4 Å². The third-order valence-electron chi connectivity index (χ3n) is 4.51. The molecule has 2 aromatic heterocycles. The Bertz CT molecular complexity index is 848. The molecule has 4 rings (SSSR count). The lowest BCUT2D eigenvalue weighted by atomic mass is 10.1. The van der Waals surface area contributed by atoms with E-state index in [1.807, 2.05) is 19.1 Å². The summed E-state index contributed by atoms with van der Waals surface area (Å²) in [5.74, 6) is 0.995. The van der Waals surface area contributed by atoms with Crippen molar-refractivity contribution in [2.45, 2.75) is 6.92 Å². The molecule has 1 fully saturated rings. The molecule has 114 valence electrons. The summed E-state index contributed by atoms with van der Waals surface area (Å²) in [7, 11) is 2.16. The molecule has 1 aliphatic rings. The van der Waals surface area contributed by atoms with Crippen LogP contribution in [-0.2, 0) is 0 Å². The van der Waals surface area contributed by atoms with Crippen LogP contribution >= 0.6 is 11.6 Å². The number of aromatic amines is 1. The Balaban J connectivity index is 1.95. The first-order chi connectivity index (χ1) is 10.6. The molecule has 0 unspecified atom stereocenters. The van der Waals surface area contributed by atoms with Crippen LogP contribution in [0, 0.1) is 6.92 Å². The molecule has 0 atom stereocenters.